The number of benzene rings is 1. The normalized spacial score (nSPS) is 15.1. The number of nitrogens with zero attached hydrogens (tertiary/aromatic N) is 4. The maximum Gasteiger partial charge on any atom is 0.241 e. The summed E-state index contributed by atoms with van der Waals surface area (Å²) < 4.78 is 7.11. The molecule has 0 radical (unpaired) electrons. The van der Waals surface area contributed by atoms with E-state index in [0.717, 1.165) is 54.8 Å². The highest BCUT2D eigenvalue weighted by Crippen LogP contribution is 2.20. The average Bonchev–Trinajstić information content (AvgIpc) is 3.00. The zero-order chi connectivity index (χ0) is 22.5. The van der Waals surface area contributed by atoms with Gasteiger partial charge in [-0.1, -0.05) is 0 Å². The summed E-state index contributed by atoms with van der Waals surface area (Å²) in [6.45, 7) is 8.85. The number of anilines is 3. The zero-order valence-corrected chi connectivity index (χ0v) is 18.9. The Balaban J connectivity index is 1.51. The molecule has 31 heavy (non-hydrogen) atoms. The minimum Gasteiger partial charge on any atom is -0.378 e. The van der Waals surface area contributed by atoms with Gasteiger partial charge in [0.1, 0.15) is 0 Å². The van der Waals surface area contributed by atoms with Gasteiger partial charge in [-0.3, -0.25) is 19.2 Å². The molecular formula is C22H32N6O3. The molecule has 0 saturated carbocycles. The molecule has 2 amide bonds. The highest BCUT2D eigenvalue weighted by atomic mass is 16.5. The predicted molar refractivity (Wildman–Crippen MR) is 122 cm³/mol. The van der Waals surface area contributed by atoms with Gasteiger partial charge in [0, 0.05) is 31.5 Å². The molecule has 9 heteroatoms. The molecule has 0 spiro atoms. The molecule has 1 atom stereocenters. The predicted octanol–water partition coefficient (Wildman–Crippen LogP) is 1.77. The van der Waals surface area contributed by atoms with Gasteiger partial charge in [-0.25, -0.2) is 0 Å². The summed E-state index contributed by atoms with van der Waals surface area (Å²) in [5, 5.41) is 10.1. The minimum absolute atomic E-state index is 0.102. The van der Waals surface area contributed by atoms with Crippen molar-refractivity contribution in [2.24, 2.45) is 7.05 Å². The van der Waals surface area contributed by atoms with Crippen LogP contribution in [-0.4, -0.2) is 72.4 Å². The maximum atomic E-state index is 12.7. The van der Waals surface area contributed by atoms with Crippen molar-refractivity contribution in [3.05, 3.63) is 35.7 Å². The molecule has 1 unspecified atom stereocenters. The van der Waals surface area contributed by atoms with Crippen LogP contribution in [-0.2, 0) is 21.4 Å². The van der Waals surface area contributed by atoms with E-state index in [0.29, 0.717) is 0 Å². The third-order valence-corrected chi connectivity index (χ3v) is 5.72. The number of hydrogen-bond donors (Lipinski definition) is 2. The van der Waals surface area contributed by atoms with Gasteiger partial charge in [-0.05, 0) is 52.1 Å². The third-order valence-electron chi connectivity index (χ3n) is 5.72. The lowest BCUT2D eigenvalue weighted by molar-refractivity contribution is -0.122. The Kier molecular flexibility index (Phi) is 7.29. The SMILES string of the molecule is Cc1nn(C)c(C)c1NC(=O)C(C)N(C)CC(=O)Nc1ccc(N2CCOCC2)cc1. The van der Waals surface area contributed by atoms with E-state index in [1.54, 1.807) is 23.6 Å². The van der Waals surface area contributed by atoms with E-state index in [2.05, 4.69) is 20.6 Å². The number of amides is 2. The summed E-state index contributed by atoms with van der Waals surface area (Å²) in [6.07, 6.45) is 0. The molecule has 9 nitrogen and oxygen atoms in total. The van der Waals surface area contributed by atoms with Crippen molar-refractivity contribution in [2.75, 3.05) is 55.4 Å². The quantitative estimate of drug-likeness (QED) is 0.698. The van der Waals surface area contributed by atoms with Crippen molar-refractivity contribution in [3.63, 3.8) is 0 Å². The Morgan fingerprint density at radius 3 is 2.39 bits per heavy atom. The lowest BCUT2D eigenvalue weighted by Gasteiger charge is -2.29. The number of aryl methyl sites for hydroxylation is 2. The van der Waals surface area contributed by atoms with Crippen LogP contribution in [0.4, 0.5) is 17.1 Å². The highest BCUT2D eigenvalue weighted by Gasteiger charge is 2.22. The summed E-state index contributed by atoms with van der Waals surface area (Å²) in [5.41, 5.74) is 4.22. The molecule has 1 aliphatic rings. The van der Waals surface area contributed by atoms with Crippen LogP contribution in [0.5, 0.6) is 0 Å². The molecule has 0 aliphatic carbocycles. The van der Waals surface area contributed by atoms with Gasteiger partial charge in [0.05, 0.1) is 42.9 Å². The topological polar surface area (TPSA) is 91.7 Å². The van der Waals surface area contributed by atoms with Gasteiger partial charge < -0.3 is 20.3 Å². The fraction of sp³-hybridized carbons (Fsp3) is 0.500. The molecule has 168 valence electrons. The van der Waals surface area contributed by atoms with Crippen LogP contribution in [0.2, 0.25) is 0 Å². The lowest BCUT2D eigenvalue weighted by atomic mass is 10.2. The van der Waals surface area contributed by atoms with Crippen LogP contribution in [0.1, 0.15) is 18.3 Å². The van der Waals surface area contributed by atoms with Crippen molar-refractivity contribution in [3.8, 4) is 0 Å². The van der Waals surface area contributed by atoms with Crippen LogP contribution in [0.3, 0.4) is 0 Å². The fourth-order valence-corrected chi connectivity index (χ4v) is 3.52. The molecule has 2 heterocycles. The Morgan fingerprint density at radius 2 is 1.81 bits per heavy atom. The van der Waals surface area contributed by atoms with Crippen molar-refractivity contribution >= 4 is 28.9 Å². The number of morpholine rings is 1. The van der Waals surface area contributed by atoms with Crippen molar-refractivity contribution in [2.45, 2.75) is 26.8 Å². The third kappa shape index (κ3) is 5.62. The monoisotopic (exact) mass is 428 g/mol. The van der Waals surface area contributed by atoms with Gasteiger partial charge in [0.2, 0.25) is 11.8 Å². The molecule has 3 rings (SSSR count). The Hall–Kier alpha value is -2.91. The average molecular weight is 429 g/mol. The smallest absolute Gasteiger partial charge is 0.241 e. The second kappa shape index (κ2) is 9.93. The van der Waals surface area contributed by atoms with Gasteiger partial charge in [-0.15, -0.1) is 0 Å². The Labute approximate surface area is 183 Å². The van der Waals surface area contributed by atoms with E-state index >= 15 is 0 Å². The molecule has 1 saturated heterocycles. The van der Waals surface area contributed by atoms with Crippen LogP contribution >= 0.6 is 0 Å². The summed E-state index contributed by atoms with van der Waals surface area (Å²) in [5.74, 6) is -0.348. The van der Waals surface area contributed by atoms with E-state index < -0.39 is 6.04 Å². The largest absolute Gasteiger partial charge is 0.378 e. The Morgan fingerprint density at radius 1 is 1.16 bits per heavy atom. The summed E-state index contributed by atoms with van der Waals surface area (Å²) >= 11 is 0. The summed E-state index contributed by atoms with van der Waals surface area (Å²) in [6, 6.07) is 7.31. The number of likely N-dealkylation sites (N-methyl/N-ethyl adjacent to an activating group) is 1. The molecule has 2 aromatic rings. The standard InChI is InChI=1S/C22H32N6O3/c1-15-21(16(2)27(5)25-15)24-22(30)17(3)26(4)14-20(29)23-18-6-8-19(9-7-18)28-10-12-31-13-11-28/h6-9,17H,10-14H2,1-5H3,(H,23,29)(H,24,30). The van der Waals surface area contributed by atoms with Crippen LogP contribution in [0.15, 0.2) is 24.3 Å². The molecule has 1 aliphatic heterocycles. The fourth-order valence-electron chi connectivity index (χ4n) is 3.52. The van der Waals surface area contributed by atoms with Gasteiger partial charge >= 0.3 is 0 Å². The van der Waals surface area contributed by atoms with Crippen molar-refractivity contribution in [1.82, 2.24) is 14.7 Å². The number of aromatic nitrogens is 2. The number of hydrogen-bond acceptors (Lipinski definition) is 6. The Bertz CT molecular complexity index is 918. The minimum atomic E-state index is -0.478. The van der Waals surface area contributed by atoms with Gasteiger partial charge in [-0.2, -0.15) is 5.10 Å². The maximum absolute atomic E-state index is 12.7. The van der Waals surface area contributed by atoms with Gasteiger partial charge in [0.15, 0.2) is 0 Å². The van der Waals surface area contributed by atoms with E-state index in [1.165, 1.54) is 0 Å². The summed E-state index contributed by atoms with van der Waals surface area (Å²) in [4.78, 5) is 29.1. The molecule has 1 aromatic heterocycles. The first-order valence-corrected chi connectivity index (χ1v) is 10.5. The van der Waals surface area contributed by atoms with E-state index in [9.17, 15) is 9.59 Å². The molecule has 0 bridgehead atoms. The van der Waals surface area contributed by atoms with Crippen molar-refractivity contribution in [1.29, 1.82) is 0 Å². The van der Waals surface area contributed by atoms with E-state index in [1.807, 2.05) is 45.2 Å². The summed E-state index contributed by atoms with van der Waals surface area (Å²) in [7, 11) is 3.60. The molecule has 2 N–H and O–H groups in total. The first-order valence-electron chi connectivity index (χ1n) is 10.5. The van der Waals surface area contributed by atoms with Gasteiger partial charge in [0.25, 0.3) is 0 Å². The number of ether oxygens (including phenoxy) is 1. The van der Waals surface area contributed by atoms with Crippen molar-refractivity contribution < 1.29 is 14.3 Å². The zero-order valence-electron chi connectivity index (χ0n) is 18.9. The second-order valence-electron chi connectivity index (χ2n) is 7.94. The molecule has 1 fully saturated rings. The van der Waals surface area contributed by atoms with Crippen LogP contribution in [0, 0.1) is 13.8 Å². The lowest BCUT2D eigenvalue weighted by Crippen LogP contribution is -2.43. The first-order chi connectivity index (χ1) is 14.8. The number of carbonyl (C=O) groups excluding carboxylic acids is 2. The van der Waals surface area contributed by atoms with Crippen LogP contribution < -0.4 is 15.5 Å². The first kappa shape index (κ1) is 22.8. The highest BCUT2D eigenvalue weighted by molar-refractivity contribution is 5.97. The number of rotatable bonds is 7. The van der Waals surface area contributed by atoms with Crippen LogP contribution in [0.25, 0.3) is 0 Å². The number of carbonyl (C=O) groups is 2. The molecule has 1 aromatic carbocycles. The molecular weight excluding hydrogens is 396 g/mol. The van der Waals surface area contributed by atoms with E-state index in [4.69, 9.17) is 4.74 Å². The van der Waals surface area contributed by atoms with E-state index in [-0.39, 0.29) is 18.4 Å². The number of nitrogens with one attached hydrogen (secondary N) is 2. The second-order valence-corrected chi connectivity index (χ2v) is 7.94.